The molecule has 1 unspecified atom stereocenters. The van der Waals surface area contributed by atoms with Crippen LogP contribution < -0.4 is 16.4 Å². The summed E-state index contributed by atoms with van der Waals surface area (Å²) in [5.74, 6) is -4.43. The van der Waals surface area contributed by atoms with Gasteiger partial charge in [0.1, 0.15) is 6.04 Å². The predicted octanol–water partition coefficient (Wildman–Crippen LogP) is 2.39. The van der Waals surface area contributed by atoms with Gasteiger partial charge in [-0.15, -0.1) is 0 Å². The number of alkyl halides is 2. The summed E-state index contributed by atoms with van der Waals surface area (Å²) in [7, 11) is 0. The van der Waals surface area contributed by atoms with Crippen molar-refractivity contribution < 1.29 is 18.4 Å². The summed E-state index contributed by atoms with van der Waals surface area (Å²) in [5, 5.41) is 5.21. The van der Waals surface area contributed by atoms with Gasteiger partial charge in [-0.05, 0) is 29.8 Å². The number of hydrogen-bond acceptors (Lipinski definition) is 3. The molecule has 2 aromatic rings. The Labute approximate surface area is 160 Å². The van der Waals surface area contributed by atoms with Crippen LogP contribution in [0.5, 0.6) is 0 Å². The SMILES string of the molecule is NCC(F)(F)CNC(=O)C(Cc1ccccc1)NC(=O)c1ccc(Cl)cc1. The molecular formula is C19H20ClF2N3O2. The van der Waals surface area contributed by atoms with E-state index in [9.17, 15) is 18.4 Å². The van der Waals surface area contributed by atoms with E-state index in [0.717, 1.165) is 5.56 Å². The molecule has 4 N–H and O–H groups in total. The summed E-state index contributed by atoms with van der Waals surface area (Å²) in [5.41, 5.74) is 6.06. The Kier molecular flexibility index (Phi) is 7.27. The van der Waals surface area contributed by atoms with Crippen LogP contribution >= 0.6 is 11.6 Å². The van der Waals surface area contributed by atoms with Gasteiger partial charge in [-0.2, -0.15) is 0 Å². The number of halogens is 3. The molecule has 0 saturated heterocycles. The highest BCUT2D eigenvalue weighted by Crippen LogP contribution is 2.12. The van der Waals surface area contributed by atoms with E-state index in [1.807, 2.05) is 6.07 Å². The molecule has 1 atom stereocenters. The molecular weight excluding hydrogens is 376 g/mol. The molecule has 144 valence electrons. The molecule has 0 spiro atoms. The highest BCUT2D eigenvalue weighted by Gasteiger charge is 2.29. The quantitative estimate of drug-likeness (QED) is 0.641. The first-order chi connectivity index (χ1) is 12.8. The second kappa shape index (κ2) is 9.43. The van der Waals surface area contributed by atoms with E-state index in [-0.39, 0.29) is 6.42 Å². The van der Waals surface area contributed by atoms with Gasteiger partial charge < -0.3 is 16.4 Å². The number of benzene rings is 2. The lowest BCUT2D eigenvalue weighted by Crippen LogP contribution is -2.51. The summed E-state index contributed by atoms with van der Waals surface area (Å²) in [4.78, 5) is 24.8. The lowest BCUT2D eigenvalue weighted by Gasteiger charge is -2.21. The van der Waals surface area contributed by atoms with E-state index >= 15 is 0 Å². The number of amides is 2. The fourth-order valence-electron chi connectivity index (χ4n) is 2.31. The van der Waals surface area contributed by atoms with Crippen molar-refractivity contribution in [2.45, 2.75) is 18.4 Å². The standard InChI is InChI=1S/C19H20ClF2N3O2/c20-15-8-6-14(7-9-15)17(26)25-16(10-13-4-2-1-3-5-13)18(27)24-12-19(21,22)11-23/h1-9,16H,10-12,23H2,(H,24,27)(H,25,26). The van der Waals surface area contributed by atoms with E-state index < -0.39 is 36.9 Å². The zero-order valence-corrected chi connectivity index (χ0v) is 15.2. The minimum Gasteiger partial charge on any atom is -0.348 e. The number of hydrogen-bond donors (Lipinski definition) is 3. The van der Waals surface area contributed by atoms with E-state index in [1.165, 1.54) is 12.1 Å². The second-order valence-electron chi connectivity index (χ2n) is 6.00. The van der Waals surface area contributed by atoms with Crippen LogP contribution in [0, 0.1) is 0 Å². The number of carbonyl (C=O) groups is 2. The van der Waals surface area contributed by atoms with Crippen LogP contribution in [0.15, 0.2) is 54.6 Å². The van der Waals surface area contributed by atoms with Crippen molar-refractivity contribution >= 4 is 23.4 Å². The monoisotopic (exact) mass is 395 g/mol. The van der Waals surface area contributed by atoms with Crippen LogP contribution in [0.1, 0.15) is 15.9 Å². The van der Waals surface area contributed by atoms with E-state index in [2.05, 4.69) is 10.6 Å². The average Bonchev–Trinajstić information content (AvgIpc) is 2.67. The molecule has 27 heavy (non-hydrogen) atoms. The molecule has 0 aliphatic heterocycles. The maximum Gasteiger partial charge on any atom is 0.277 e. The van der Waals surface area contributed by atoms with Gasteiger partial charge in [0.05, 0.1) is 13.1 Å². The third-order valence-electron chi connectivity index (χ3n) is 3.83. The summed E-state index contributed by atoms with van der Waals surface area (Å²) >= 11 is 5.80. The van der Waals surface area contributed by atoms with Crippen LogP contribution in [-0.2, 0) is 11.2 Å². The molecule has 0 fully saturated rings. The molecule has 0 aliphatic carbocycles. The zero-order chi connectivity index (χ0) is 19.9. The van der Waals surface area contributed by atoms with Gasteiger partial charge in [0.15, 0.2) is 0 Å². The van der Waals surface area contributed by atoms with Crippen molar-refractivity contribution in [3.05, 3.63) is 70.7 Å². The Balaban J connectivity index is 2.12. The lowest BCUT2D eigenvalue weighted by atomic mass is 10.0. The number of nitrogens with one attached hydrogen (secondary N) is 2. The van der Waals surface area contributed by atoms with Crippen LogP contribution in [0.2, 0.25) is 5.02 Å². The summed E-state index contributed by atoms with van der Waals surface area (Å²) in [6.07, 6.45) is 0.153. The van der Waals surface area contributed by atoms with Gasteiger partial charge in [0.25, 0.3) is 11.8 Å². The molecule has 0 radical (unpaired) electrons. The summed E-state index contributed by atoms with van der Waals surface area (Å²) in [6, 6.07) is 14.0. The molecule has 2 rings (SSSR count). The highest BCUT2D eigenvalue weighted by atomic mass is 35.5. The van der Waals surface area contributed by atoms with Crippen molar-refractivity contribution in [3.63, 3.8) is 0 Å². The Hall–Kier alpha value is -2.51. The van der Waals surface area contributed by atoms with Gasteiger partial charge in [0, 0.05) is 17.0 Å². The molecule has 0 aliphatic rings. The summed E-state index contributed by atoms with van der Waals surface area (Å²) < 4.78 is 26.7. The van der Waals surface area contributed by atoms with Crippen LogP contribution in [0.4, 0.5) is 8.78 Å². The normalized spacial score (nSPS) is 12.3. The summed E-state index contributed by atoms with van der Waals surface area (Å²) in [6.45, 7) is -1.78. The molecule has 8 heteroatoms. The Morgan fingerprint density at radius 3 is 2.30 bits per heavy atom. The first kappa shape index (κ1) is 20.8. The van der Waals surface area contributed by atoms with Crippen LogP contribution in [-0.4, -0.2) is 36.9 Å². The van der Waals surface area contributed by atoms with Crippen LogP contribution in [0.3, 0.4) is 0 Å². The van der Waals surface area contributed by atoms with Crippen molar-refractivity contribution in [1.82, 2.24) is 10.6 Å². The first-order valence-corrected chi connectivity index (χ1v) is 8.64. The maximum atomic E-state index is 13.3. The van der Waals surface area contributed by atoms with E-state index in [1.54, 1.807) is 36.4 Å². The molecule has 0 heterocycles. The molecule has 0 aromatic heterocycles. The van der Waals surface area contributed by atoms with Crippen molar-refractivity contribution in [2.24, 2.45) is 5.73 Å². The van der Waals surface area contributed by atoms with Gasteiger partial charge in [0.2, 0.25) is 5.91 Å². The van der Waals surface area contributed by atoms with E-state index in [4.69, 9.17) is 17.3 Å². The topological polar surface area (TPSA) is 84.2 Å². The average molecular weight is 396 g/mol. The minimum atomic E-state index is -3.22. The second-order valence-corrected chi connectivity index (χ2v) is 6.44. The Morgan fingerprint density at radius 1 is 1.07 bits per heavy atom. The third kappa shape index (κ3) is 6.62. The fourth-order valence-corrected chi connectivity index (χ4v) is 2.44. The minimum absolute atomic E-state index is 0.153. The highest BCUT2D eigenvalue weighted by molar-refractivity contribution is 6.30. The number of rotatable bonds is 8. The zero-order valence-electron chi connectivity index (χ0n) is 14.4. The first-order valence-electron chi connectivity index (χ1n) is 8.27. The molecule has 2 amide bonds. The van der Waals surface area contributed by atoms with Gasteiger partial charge in [-0.3, -0.25) is 9.59 Å². The maximum absolute atomic E-state index is 13.3. The van der Waals surface area contributed by atoms with Crippen molar-refractivity contribution in [3.8, 4) is 0 Å². The van der Waals surface area contributed by atoms with Gasteiger partial charge in [-0.25, -0.2) is 8.78 Å². The van der Waals surface area contributed by atoms with Crippen molar-refractivity contribution in [1.29, 1.82) is 0 Å². The fraction of sp³-hybridized carbons (Fsp3) is 0.263. The molecule has 5 nitrogen and oxygen atoms in total. The predicted molar refractivity (Wildman–Crippen MR) is 99.9 cm³/mol. The molecule has 2 aromatic carbocycles. The smallest absolute Gasteiger partial charge is 0.277 e. The number of nitrogens with two attached hydrogens (primary N) is 1. The third-order valence-corrected chi connectivity index (χ3v) is 4.08. The largest absolute Gasteiger partial charge is 0.348 e. The number of carbonyl (C=O) groups excluding carboxylic acids is 2. The lowest BCUT2D eigenvalue weighted by molar-refractivity contribution is -0.124. The Bertz CT molecular complexity index is 770. The van der Waals surface area contributed by atoms with Gasteiger partial charge in [-0.1, -0.05) is 41.9 Å². The van der Waals surface area contributed by atoms with Gasteiger partial charge >= 0.3 is 0 Å². The molecule has 0 saturated carbocycles. The Morgan fingerprint density at radius 2 is 1.70 bits per heavy atom. The molecule has 0 bridgehead atoms. The van der Waals surface area contributed by atoms with E-state index in [0.29, 0.717) is 10.6 Å². The van der Waals surface area contributed by atoms with Crippen molar-refractivity contribution in [2.75, 3.05) is 13.1 Å². The van der Waals surface area contributed by atoms with Crippen LogP contribution in [0.25, 0.3) is 0 Å².